The Hall–Kier alpha value is -0.160. The van der Waals surface area contributed by atoms with Crippen LogP contribution in [0.15, 0.2) is 0 Å². The molecule has 0 amide bonds. The molecule has 0 saturated carbocycles. The van der Waals surface area contributed by atoms with Crippen molar-refractivity contribution >= 4 is 0 Å². The fourth-order valence-electron chi connectivity index (χ4n) is 1.31. The Balaban J connectivity index is 2.28. The third kappa shape index (κ3) is 3.06. The van der Waals surface area contributed by atoms with Crippen LogP contribution in [-0.4, -0.2) is 55.0 Å². The van der Waals surface area contributed by atoms with Gasteiger partial charge in [0, 0.05) is 26.2 Å². The van der Waals surface area contributed by atoms with Crippen LogP contribution in [0, 0.1) is 0 Å². The van der Waals surface area contributed by atoms with Gasteiger partial charge in [0.05, 0.1) is 18.8 Å². The SMILES string of the molecule is C[C@@](O)(CN)CN1CCOCC1. The summed E-state index contributed by atoms with van der Waals surface area (Å²) in [5, 5.41) is 9.67. The second-order valence-electron chi connectivity index (χ2n) is 3.59. The van der Waals surface area contributed by atoms with Crippen LogP contribution in [-0.2, 0) is 4.74 Å². The number of aliphatic hydroxyl groups is 1. The predicted octanol–water partition coefficient (Wildman–Crippen LogP) is -0.972. The number of rotatable bonds is 3. The lowest BCUT2D eigenvalue weighted by Crippen LogP contribution is -2.49. The van der Waals surface area contributed by atoms with Gasteiger partial charge in [-0.05, 0) is 6.92 Å². The molecule has 0 aromatic heterocycles. The Kier molecular flexibility index (Phi) is 3.46. The highest BCUT2D eigenvalue weighted by molar-refractivity contribution is 4.79. The lowest BCUT2D eigenvalue weighted by atomic mass is 10.1. The Labute approximate surface area is 73.3 Å². The molecule has 1 fully saturated rings. The molecule has 1 rings (SSSR count). The van der Waals surface area contributed by atoms with Crippen LogP contribution in [0.2, 0.25) is 0 Å². The Bertz CT molecular complexity index is 133. The molecule has 0 radical (unpaired) electrons. The van der Waals surface area contributed by atoms with Gasteiger partial charge in [-0.25, -0.2) is 0 Å². The first-order valence-electron chi connectivity index (χ1n) is 4.36. The molecule has 0 bridgehead atoms. The molecule has 1 heterocycles. The van der Waals surface area contributed by atoms with Crippen LogP contribution < -0.4 is 5.73 Å². The van der Waals surface area contributed by atoms with Crippen LogP contribution >= 0.6 is 0 Å². The molecule has 0 aromatic carbocycles. The quantitative estimate of drug-likeness (QED) is 0.578. The van der Waals surface area contributed by atoms with Crippen LogP contribution in [0.25, 0.3) is 0 Å². The first kappa shape index (κ1) is 9.92. The van der Waals surface area contributed by atoms with Crippen LogP contribution in [0.3, 0.4) is 0 Å². The van der Waals surface area contributed by atoms with Crippen molar-refractivity contribution in [2.75, 3.05) is 39.4 Å². The molecule has 1 aliphatic heterocycles. The lowest BCUT2D eigenvalue weighted by Gasteiger charge is -2.32. The topological polar surface area (TPSA) is 58.7 Å². The second-order valence-corrected chi connectivity index (χ2v) is 3.59. The standard InChI is InChI=1S/C8H18N2O2/c1-8(11,6-9)7-10-2-4-12-5-3-10/h11H,2-7,9H2,1H3/t8-/m1/s1. The van der Waals surface area contributed by atoms with Crippen molar-refractivity contribution in [3.8, 4) is 0 Å². The summed E-state index contributed by atoms with van der Waals surface area (Å²) >= 11 is 0. The summed E-state index contributed by atoms with van der Waals surface area (Å²) in [6, 6.07) is 0. The highest BCUT2D eigenvalue weighted by Crippen LogP contribution is 2.06. The molecule has 0 aliphatic carbocycles. The van der Waals surface area contributed by atoms with E-state index >= 15 is 0 Å². The summed E-state index contributed by atoms with van der Waals surface area (Å²) < 4.78 is 5.19. The molecule has 1 atom stereocenters. The number of β-amino-alcohol motifs (C(OH)–C–C–N with tert-alkyl or cyclic N) is 1. The minimum absolute atomic E-state index is 0.310. The molecule has 0 unspecified atom stereocenters. The molecule has 4 nitrogen and oxygen atoms in total. The van der Waals surface area contributed by atoms with Crippen molar-refractivity contribution in [1.29, 1.82) is 0 Å². The first-order valence-corrected chi connectivity index (χ1v) is 4.36. The zero-order valence-electron chi connectivity index (χ0n) is 7.62. The van der Waals surface area contributed by atoms with Gasteiger partial charge in [0.25, 0.3) is 0 Å². The van der Waals surface area contributed by atoms with Crippen molar-refractivity contribution < 1.29 is 9.84 Å². The Morgan fingerprint density at radius 2 is 2.08 bits per heavy atom. The van der Waals surface area contributed by atoms with Crippen molar-refractivity contribution in [1.82, 2.24) is 4.90 Å². The summed E-state index contributed by atoms with van der Waals surface area (Å²) in [7, 11) is 0. The number of ether oxygens (including phenoxy) is 1. The Morgan fingerprint density at radius 1 is 1.50 bits per heavy atom. The number of hydrogen-bond acceptors (Lipinski definition) is 4. The summed E-state index contributed by atoms with van der Waals surface area (Å²) in [5.74, 6) is 0. The largest absolute Gasteiger partial charge is 0.388 e. The maximum atomic E-state index is 9.67. The molecule has 72 valence electrons. The van der Waals surface area contributed by atoms with E-state index in [-0.39, 0.29) is 0 Å². The van der Waals surface area contributed by atoms with Gasteiger partial charge in [-0.15, -0.1) is 0 Å². The molecule has 3 N–H and O–H groups in total. The molecule has 0 aromatic rings. The minimum atomic E-state index is -0.753. The summed E-state index contributed by atoms with van der Waals surface area (Å²) in [5.41, 5.74) is 4.66. The molecule has 0 spiro atoms. The van der Waals surface area contributed by atoms with Gasteiger partial charge in [0.1, 0.15) is 0 Å². The zero-order chi connectivity index (χ0) is 9.03. The monoisotopic (exact) mass is 174 g/mol. The maximum absolute atomic E-state index is 9.67. The van der Waals surface area contributed by atoms with Crippen LogP contribution in [0.1, 0.15) is 6.92 Å². The fraction of sp³-hybridized carbons (Fsp3) is 1.00. The van der Waals surface area contributed by atoms with Crippen molar-refractivity contribution in [2.24, 2.45) is 5.73 Å². The van der Waals surface area contributed by atoms with Gasteiger partial charge in [-0.3, -0.25) is 4.90 Å². The first-order chi connectivity index (χ1) is 5.64. The maximum Gasteiger partial charge on any atom is 0.0867 e. The van der Waals surface area contributed by atoms with Crippen LogP contribution in [0.4, 0.5) is 0 Å². The highest BCUT2D eigenvalue weighted by atomic mass is 16.5. The van der Waals surface area contributed by atoms with Crippen molar-refractivity contribution in [3.05, 3.63) is 0 Å². The van der Waals surface area contributed by atoms with Gasteiger partial charge >= 0.3 is 0 Å². The normalized spacial score (nSPS) is 25.2. The van der Waals surface area contributed by atoms with E-state index in [2.05, 4.69) is 4.90 Å². The van der Waals surface area contributed by atoms with Crippen molar-refractivity contribution in [2.45, 2.75) is 12.5 Å². The van der Waals surface area contributed by atoms with E-state index in [1.54, 1.807) is 6.92 Å². The lowest BCUT2D eigenvalue weighted by molar-refractivity contribution is -0.0181. The van der Waals surface area contributed by atoms with Gasteiger partial charge < -0.3 is 15.6 Å². The fourth-order valence-corrected chi connectivity index (χ4v) is 1.31. The number of hydrogen-bond donors (Lipinski definition) is 2. The van der Waals surface area contributed by atoms with Gasteiger partial charge in [0.15, 0.2) is 0 Å². The van der Waals surface area contributed by atoms with E-state index in [4.69, 9.17) is 10.5 Å². The molecule has 12 heavy (non-hydrogen) atoms. The molecular formula is C8H18N2O2. The van der Waals surface area contributed by atoms with E-state index in [1.165, 1.54) is 0 Å². The van der Waals surface area contributed by atoms with E-state index in [1.807, 2.05) is 0 Å². The molecular weight excluding hydrogens is 156 g/mol. The summed E-state index contributed by atoms with van der Waals surface area (Å²) in [6.07, 6.45) is 0. The average molecular weight is 174 g/mol. The predicted molar refractivity (Wildman–Crippen MR) is 46.9 cm³/mol. The van der Waals surface area contributed by atoms with Gasteiger partial charge in [0.2, 0.25) is 0 Å². The molecule has 1 aliphatic rings. The number of nitrogens with two attached hydrogens (primary N) is 1. The summed E-state index contributed by atoms with van der Waals surface area (Å²) in [4.78, 5) is 2.18. The molecule has 1 saturated heterocycles. The van der Waals surface area contributed by atoms with E-state index in [9.17, 15) is 5.11 Å². The smallest absolute Gasteiger partial charge is 0.0867 e. The number of morpholine rings is 1. The average Bonchev–Trinajstić information content (AvgIpc) is 2.06. The van der Waals surface area contributed by atoms with E-state index in [0.717, 1.165) is 26.3 Å². The number of nitrogens with zero attached hydrogens (tertiary/aromatic N) is 1. The van der Waals surface area contributed by atoms with E-state index < -0.39 is 5.60 Å². The minimum Gasteiger partial charge on any atom is -0.388 e. The van der Waals surface area contributed by atoms with Crippen LogP contribution in [0.5, 0.6) is 0 Å². The van der Waals surface area contributed by atoms with Gasteiger partial charge in [-0.1, -0.05) is 0 Å². The Morgan fingerprint density at radius 3 is 2.58 bits per heavy atom. The highest BCUT2D eigenvalue weighted by Gasteiger charge is 2.23. The van der Waals surface area contributed by atoms with Gasteiger partial charge in [-0.2, -0.15) is 0 Å². The zero-order valence-corrected chi connectivity index (χ0v) is 7.62. The summed E-state index contributed by atoms with van der Waals surface area (Å²) in [6.45, 7) is 6.05. The van der Waals surface area contributed by atoms with Crippen molar-refractivity contribution in [3.63, 3.8) is 0 Å². The third-order valence-electron chi connectivity index (χ3n) is 2.11. The van der Waals surface area contributed by atoms with E-state index in [0.29, 0.717) is 13.1 Å². The second kappa shape index (κ2) is 4.18. The third-order valence-corrected chi connectivity index (χ3v) is 2.11. The molecule has 4 heteroatoms.